The zero-order valence-corrected chi connectivity index (χ0v) is 10.4. The highest BCUT2D eigenvalue weighted by molar-refractivity contribution is 5.91. The van der Waals surface area contributed by atoms with E-state index >= 15 is 0 Å². The van der Waals surface area contributed by atoms with E-state index < -0.39 is 11.9 Å². The van der Waals surface area contributed by atoms with Gasteiger partial charge in [0, 0.05) is 6.54 Å². The van der Waals surface area contributed by atoms with Crippen LogP contribution in [0.25, 0.3) is 0 Å². The van der Waals surface area contributed by atoms with Gasteiger partial charge in [0.25, 0.3) is 5.91 Å². The molecule has 1 aromatic rings. The number of nitrogens with one attached hydrogen (secondary N) is 1. The lowest BCUT2D eigenvalue weighted by molar-refractivity contribution is -0.137. The first-order valence-corrected chi connectivity index (χ1v) is 5.72. The predicted molar refractivity (Wildman–Crippen MR) is 65.6 cm³/mol. The molecule has 0 unspecified atom stereocenters. The van der Waals surface area contributed by atoms with E-state index in [-0.39, 0.29) is 12.2 Å². The molecule has 0 aliphatic heterocycles. The third-order valence-corrected chi connectivity index (χ3v) is 2.07. The summed E-state index contributed by atoms with van der Waals surface area (Å²) in [6, 6.07) is 0. The Labute approximate surface area is 110 Å². The molecule has 0 aliphatic carbocycles. The lowest BCUT2D eigenvalue weighted by Crippen LogP contribution is -2.27. The third-order valence-electron chi connectivity index (χ3n) is 2.07. The van der Waals surface area contributed by atoms with Gasteiger partial charge in [-0.3, -0.25) is 9.59 Å². The standard InChI is InChI=1S/C11H16N4O4/c1-2-3-5-19-6-4-12-11(18)9-7-15(14-13-9)8-10(16)17/h2,7H,1,3-6,8H2,(H,12,18)(H,16,17). The monoisotopic (exact) mass is 268 g/mol. The highest BCUT2D eigenvalue weighted by Crippen LogP contribution is 1.93. The smallest absolute Gasteiger partial charge is 0.325 e. The molecule has 8 nitrogen and oxygen atoms in total. The number of rotatable bonds is 9. The minimum atomic E-state index is -1.05. The number of hydrogen-bond acceptors (Lipinski definition) is 5. The van der Waals surface area contributed by atoms with Crippen LogP contribution in [-0.4, -0.2) is 51.7 Å². The number of carbonyl (C=O) groups is 2. The van der Waals surface area contributed by atoms with Gasteiger partial charge < -0.3 is 15.2 Å². The van der Waals surface area contributed by atoms with Crippen LogP contribution in [0.3, 0.4) is 0 Å². The van der Waals surface area contributed by atoms with Gasteiger partial charge in [-0.1, -0.05) is 11.3 Å². The van der Waals surface area contributed by atoms with Crippen molar-refractivity contribution in [2.75, 3.05) is 19.8 Å². The van der Waals surface area contributed by atoms with Crippen molar-refractivity contribution in [2.45, 2.75) is 13.0 Å². The second-order valence-electron chi connectivity index (χ2n) is 3.64. The van der Waals surface area contributed by atoms with Crippen molar-refractivity contribution >= 4 is 11.9 Å². The molecule has 1 rings (SSSR count). The van der Waals surface area contributed by atoms with E-state index in [4.69, 9.17) is 9.84 Å². The number of carbonyl (C=O) groups excluding carboxylic acids is 1. The van der Waals surface area contributed by atoms with Crippen molar-refractivity contribution in [3.05, 3.63) is 24.5 Å². The van der Waals surface area contributed by atoms with E-state index in [2.05, 4.69) is 22.2 Å². The summed E-state index contributed by atoms with van der Waals surface area (Å²) in [5.41, 5.74) is 0.0762. The largest absolute Gasteiger partial charge is 0.480 e. The van der Waals surface area contributed by atoms with Crippen molar-refractivity contribution in [1.29, 1.82) is 0 Å². The molecule has 104 valence electrons. The molecular formula is C11H16N4O4. The van der Waals surface area contributed by atoms with Gasteiger partial charge in [0.1, 0.15) is 6.54 Å². The number of aromatic nitrogens is 3. The zero-order chi connectivity index (χ0) is 14.1. The predicted octanol–water partition coefficient (Wildman–Crippen LogP) is -0.315. The molecule has 8 heteroatoms. The zero-order valence-electron chi connectivity index (χ0n) is 10.4. The quantitative estimate of drug-likeness (QED) is 0.470. The minimum absolute atomic E-state index is 0.0762. The Hall–Kier alpha value is -2.22. The summed E-state index contributed by atoms with van der Waals surface area (Å²) in [6.07, 6.45) is 3.79. The van der Waals surface area contributed by atoms with Crippen molar-refractivity contribution in [3.63, 3.8) is 0 Å². The summed E-state index contributed by atoms with van der Waals surface area (Å²) < 4.78 is 6.29. The number of carboxylic acid groups (broad SMARTS) is 1. The molecule has 0 saturated carbocycles. The van der Waals surface area contributed by atoms with E-state index in [9.17, 15) is 9.59 Å². The van der Waals surface area contributed by atoms with Crippen LogP contribution in [0.4, 0.5) is 0 Å². The van der Waals surface area contributed by atoms with E-state index in [0.717, 1.165) is 11.1 Å². The SMILES string of the molecule is C=CCCOCCNC(=O)c1cn(CC(=O)O)nn1. The van der Waals surface area contributed by atoms with Crippen LogP contribution in [-0.2, 0) is 16.1 Å². The molecule has 0 aliphatic rings. The first-order chi connectivity index (χ1) is 9.13. The molecule has 0 spiro atoms. The van der Waals surface area contributed by atoms with Crippen LogP contribution in [0.2, 0.25) is 0 Å². The molecule has 19 heavy (non-hydrogen) atoms. The maximum absolute atomic E-state index is 11.6. The summed E-state index contributed by atoms with van der Waals surface area (Å²) in [5.74, 6) is -1.46. The first kappa shape index (κ1) is 14.8. The Bertz CT molecular complexity index is 444. The lowest BCUT2D eigenvalue weighted by atomic mass is 10.4. The van der Waals surface area contributed by atoms with E-state index in [1.54, 1.807) is 6.08 Å². The Balaban J connectivity index is 2.27. The molecule has 1 aromatic heterocycles. The summed E-state index contributed by atoms with van der Waals surface area (Å²) in [6.45, 7) is 4.54. The van der Waals surface area contributed by atoms with Gasteiger partial charge in [-0.2, -0.15) is 0 Å². The van der Waals surface area contributed by atoms with Gasteiger partial charge in [-0.25, -0.2) is 4.68 Å². The maximum atomic E-state index is 11.6. The Morgan fingerprint density at radius 3 is 3.00 bits per heavy atom. The molecule has 1 amide bonds. The lowest BCUT2D eigenvalue weighted by Gasteiger charge is -2.03. The van der Waals surface area contributed by atoms with Gasteiger partial charge in [0.2, 0.25) is 0 Å². The van der Waals surface area contributed by atoms with Crippen LogP contribution in [0.1, 0.15) is 16.9 Å². The fraction of sp³-hybridized carbons (Fsp3) is 0.455. The van der Waals surface area contributed by atoms with Crippen molar-refractivity contribution in [3.8, 4) is 0 Å². The van der Waals surface area contributed by atoms with E-state index in [1.807, 2.05) is 0 Å². The third kappa shape index (κ3) is 5.77. The number of hydrogen-bond donors (Lipinski definition) is 2. The molecular weight excluding hydrogens is 252 g/mol. The topological polar surface area (TPSA) is 106 Å². The second-order valence-corrected chi connectivity index (χ2v) is 3.64. The van der Waals surface area contributed by atoms with Crippen LogP contribution in [0.15, 0.2) is 18.9 Å². The molecule has 0 fully saturated rings. The van der Waals surface area contributed by atoms with Gasteiger partial charge >= 0.3 is 5.97 Å². The molecule has 0 radical (unpaired) electrons. The number of aliphatic carboxylic acids is 1. The number of carboxylic acids is 1. The van der Waals surface area contributed by atoms with Gasteiger partial charge in [0.05, 0.1) is 19.4 Å². The van der Waals surface area contributed by atoms with Crippen molar-refractivity contribution in [1.82, 2.24) is 20.3 Å². The summed E-state index contributed by atoms with van der Waals surface area (Å²) >= 11 is 0. The van der Waals surface area contributed by atoms with Crippen molar-refractivity contribution < 1.29 is 19.4 Å². The fourth-order valence-corrected chi connectivity index (χ4v) is 1.21. The molecule has 0 atom stereocenters. The molecule has 2 N–H and O–H groups in total. The van der Waals surface area contributed by atoms with E-state index in [0.29, 0.717) is 19.8 Å². The maximum Gasteiger partial charge on any atom is 0.325 e. The van der Waals surface area contributed by atoms with Gasteiger partial charge in [-0.15, -0.1) is 11.7 Å². The summed E-state index contributed by atoms with van der Waals surface area (Å²) in [5, 5.41) is 18.2. The van der Waals surface area contributed by atoms with Gasteiger partial charge in [-0.05, 0) is 6.42 Å². The van der Waals surface area contributed by atoms with Crippen molar-refractivity contribution in [2.24, 2.45) is 0 Å². The molecule has 0 saturated heterocycles. The van der Waals surface area contributed by atoms with Crippen LogP contribution >= 0.6 is 0 Å². The average molecular weight is 268 g/mol. The second kappa shape index (κ2) is 7.98. The number of ether oxygens (including phenoxy) is 1. The highest BCUT2D eigenvalue weighted by Gasteiger charge is 2.11. The van der Waals surface area contributed by atoms with Crippen LogP contribution in [0.5, 0.6) is 0 Å². The van der Waals surface area contributed by atoms with Crippen LogP contribution in [0, 0.1) is 0 Å². The van der Waals surface area contributed by atoms with Gasteiger partial charge in [0.15, 0.2) is 5.69 Å². The highest BCUT2D eigenvalue weighted by atomic mass is 16.5. The normalized spacial score (nSPS) is 10.1. The Morgan fingerprint density at radius 2 is 2.32 bits per heavy atom. The average Bonchev–Trinajstić information content (AvgIpc) is 2.81. The number of amides is 1. The molecule has 1 heterocycles. The number of nitrogens with zero attached hydrogens (tertiary/aromatic N) is 3. The van der Waals surface area contributed by atoms with Crippen LogP contribution < -0.4 is 5.32 Å². The summed E-state index contributed by atoms with van der Waals surface area (Å²) in [4.78, 5) is 22.0. The Kier molecular flexibility index (Phi) is 6.23. The summed E-state index contributed by atoms with van der Waals surface area (Å²) in [7, 11) is 0. The van der Waals surface area contributed by atoms with E-state index in [1.165, 1.54) is 6.20 Å². The Morgan fingerprint density at radius 1 is 1.53 bits per heavy atom. The minimum Gasteiger partial charge on any atom is -0.480 e. The first-order valence-electron chi connectivity index (χ1n) is 5.72. The molecule has 0 aromatic carbocycles. The molecule has 0 bridgehead atoms. The fourth-order valence-electron chi connectivity index (χ4n) is 1.21.